The lowest BCUT2D eigenvalue weighted by Gasteiger charge is -2.26. The fourth-order valence-corrected chi connectivity index (χ4v) is 5.55. The van der Waals surface area contributed by atoms with E-state index in [0.717, 1.165) is 15.8 Å². The maximum Gasteiger partial charge on any atom is 0.267 e. The molecular weight excluding hydrogens is 468 g/mol. The molecule has 2 aromatic carbocycles. The topological polar surface area (TPSA) is 111 Å². The van der Waals surface area contributed by atoms with Crippen molar-refractivity contribution in [3.05, 3.63) is 75.6 Å². The number of nitrogens with one attached hydrogen (secondary N) is 1. The molecule has 0 radical (unpaired) electrons. The Morgan fingerprint density at radius 3 is 2.51 bits per heavy atom. The lowest BCUT2D eigenvalue weighted by atomic mass is 10.1. The van der Waals surface area contributed by atoms with E-state index in [1.165, 1.54) is 16.4 Å². The Balaban J connectivity index is 1.61. The number of amides is 1. The summed E-state index contributed by atoms with van der Waals surface area (Å²) in [6, 6.07) is 13.5. The summed E-state index contributed by atoms with van der Waals surface area (Å²) in [4.78, 5) is 25.2. The van der Waals surface area contributed by atoms with Crippen molar-refractivity contribution in [1.82, 2.24) is 14.1 Å². The minimum Gasteiger partial charge on any atom is -0.379 e. The lowest BCUT2D eigenvalue weighted by Crippen LogP contribution is -2.40. The number of carbonyl (C=O) groups is 1. The highest BCUT2D eigenvalue weighted by atomic mass is 32.2. The molecule has 0 saturated carbocycles. The van der Waals surface area contributed by atoms with Crippen LogP contribution in [0.2, 0.25) is 0 Å². The van der Waals surface area contributed by atoms with Gasteiger partial charge in [0.25, 0.3) is 5.56 Å². The van der Waals surface area contributed by atoms with Crippen LogP contribution in [0, 0.1) is 20.8 Å². The second-order valence-corrected chi connectivity index (χ2v) is 10.4. The van der Waals surface area contributed by atoms with Crippen molar-refractivity contribution in [2.45, 2.75) is 32.2 Å². The van der Waals surface area contributed by atoms with Crippen molar-refractivity contribution < 1.29 is 17.9 Å². The zero-order valence-corrected chi connectivity index (χ0v) is 20.8. The van der Waals surface area contributed by atoms with Gasteiger partial charge >= 0.3 is 0 Å². The zero-order chi connectivity index (χ0) is 25.2. The molecule has 2 heterocycles. The number of nitrogens with zero attached hydrogens (tertiary/aromatic N) is 3. The quantitative estimate of drug-likeness (QED) is 0.561. The van der Waals surface area contributed by atoms with E-state index in [-0.39, 0.29) is 17.3 Å². The summed E-state index contributed by atoms with van der Waals surface area (Å²) in [5, 5.41) is 7.17. The third-order valence-electron chi connectivity index (χ3n) is 6.11. The lowest BCUT2D eigenvalue weighted by molar-refractivity contribution is -0.117. The van der Waals surface area contributed by atoms with E-state index in [4.69, 9.17) is 4.74 Å². The molecule has 9 nitrogen and oxygen atoms in total. The molecule has 184 valence electrons. The number of hydrogen-bond donors (Lipinski definition) is 1. The van der Waals surface area contributed by atoms with Crippen molar-refractivity contribution in [3.8, 4) is 11.3 Å². The van der Waals surface area contributed by atoms with Gasteiger partial charge in [-0.25, -0.2) is 13.1 Å². The standard InChI is InChI=1S/C25H28N4O5S/c1-17-5-4-6-21(19(17)3)26-24(30)16-29-25(31)10-9-22(27-29)20-8-7-18(2)23(15-20)35(32,33)28-11-13-34-14-12-28/h4-10,15H,11-14,16H2,1-3H3,(H,26,30). The predicted octanol–water partition coefficient (Wildman–Crippen LogP) is 2.50. The maximum atomic E-state index is 13.2. The largest absolute Gasteiger partial charge is 0.379 e. The van der Waals surface area contributed by atoms with Crippen LogP contribution in [0.15, 0.2) is 58.2 Å². The van der Waals surface area contributed by atoms with Gasteiger partial charge in [0, 0.05) is 30.4 Å². The third kappa shape index (κ3) is 5.34. The molecule has 1 fully saturated rings. The van der Waals surface area contributed by atoms with Crippen LogP contribution in [0.4, 0.5) is 5.69 Å². The Morgan fingerprint density at radius 1 is 1.03 bits per heavy atom. The first kappa shape index (κ1) is 24.8. The van der Waals surface area contributed by atoms with Gasteiger partial charge < -0.3 is 10.1 Å². The molecule has 0 atom stereocenters. The molecule has 0 aliphatic carbocycles. The first-order valence-corrected chi connectivity index (χ1v) is 12.7. The van der Waals surface area contributed by atoms with Crippen molar-refractivity contribution in [2.75, 3.05) is 31.6 Å². The number of ether oxygens (including phenoxy) is 1. The van der Waals surface area contributed by atoms with Crippen LogP contribution in [-0.2, 0) is 26.1 Å². The van der Waals surface area contributed by atoms with Gasteiger partial charge in [-0.3, -0.25) is 9.59 Å². The number of benzene rings is 2. The molecule has 3 aromatic rings. The first-order chi connectivity index (χ1) is 16.7. The second-order valence-electron chi connectivity index (χ2n) is 8.51. The molecule has 1 aliphatic heterocycles. The normalized spacial score (nSPS) is 14.6. The van der Waals surface area contributed by atoms with Crippen molar-refractivity contribution in [1.29, 1.82) is 0 Å². The van der Waals surface area contributed by atoms with Crippen LogP contribution in [0.3, 0.4) is 0 Å². The molecule has 10 heteroatoms. The summed E-state index contributed by atoms with van der Waals surface area (Å²) in [6.07, 6.45) is 0. The second kappa shape index (κ2) is 10.1. The van der Waals surface area contributed by atoms with Gasteiger partial charge in [-0.05, 0) is 55.7 Å². The Hall–Kier alpha value is -3.34. The van der Waals surface area contributed by atoms with Gasteiger partial charge in [-0.15, -0.1) is 0 Å². The third-order valence-corrected chi connectivity index (χ3v) is 8.15. The number of anilines is 1. The van der Waals surface area contributed by atoms with Crippen LogP contribution < -0.4 is 10.9 Å². The number of aryl methyl sites for hydroxylation is 2. The van der Waals surface area contributed by atoms with E-state index in [9.17, 15) is 18.0 Å². The Bertz CT molecular complexity index is 1430. The van der Waals surface area contributed by atoms with Crippen LogP contribution in [0.1, 0.15) is 16.7 Å². The molecule has 1 amide bonds. The summed E-state index contributed by atoms with van der Waals surface area (Å²) in [5.41, 5.74) is 3.77. The van der Waals surface area contributed by atoms with Crippen LogP contribution in [0.25, 0.3) is 11.3 Å². The van der Waals surface area contributed by atoms with E-state index < -0.39 is 15.6 Å². The summed E-state index contributed by atoms with van der Waals surface area (Å²) >= 11 is 0. The summed E-state index contributed by atoms with van der Waals surface area (Å²) < 4.78 is 34.2. The van der Waals surface area contributed by atoms with E-state index in [1.54, 1.807) is 31.2 Å². The number of hydrogen-bond acceptors (Lipinski definition) is 6. The highest BCUT2D eigenvalue weighted by molar-refractivity contribution is 7.89. The highest BCUT2D eigenvalue weighted by Gasteiger charge is 2.28. The monoisotopic (exact) mass is 496 g/mol. The molecule has 1 aromatic heterocycles. The van der Waals surface area contributed by atoms with Crippen LogP contribution in [-0.4, -0.2) is 54.7 Å². The first-order valence-electron chi connectivity index (χ1n) is 11.3. The van der Waals surface area contributed by atoms with Gasteiger partial charge in [0.05, 0.1) is 23.8 Å². The van der Waals surface area contributed by atoms with Gasteiger partial charge in [0.2, 0.25) is 15.9 Å². The molecule has 0 unspecified atom stereocenters. The summed E-state index contributed by atoms with van der Waals surface area (Å²) in [7, 11) is -3.71. The number of carbonyl (C=O) groups excluding carboxylic acids is 1. The fourth-order valence-electron chi connectivity index (χ4n) is 3.89. The van der Waals surface area contributed by atoms with Gasteiger partial charge in [0.15, 0.2) is 0 Å². The summed E-state index contributed by atoms with van der Waals surface area (Å²) in [5.74, 6) is -0.384. The van der Waals surface area contributed by atoms with Crippen LogP contribution >= 0.6 is 0 Å². The average Bonchev–Trinajstić information content (AvgIpc) is 2.84. The molecule has 0 spiro atoms. The molecule has 0 bridgehead atoms. The zero-order valence-electron chi connectivity index (χ0n) is 19.9. The Labute approximate surface area is 204 Å². The highest BCUT2D eigenvalue weighted by Crippen LogP contribution is 2.26. The predicted molar refractivity (Wildman–Crippen MR) is 133 cm³/mol. The molecule has 1 N–H and O–H groups in total. The van der Waals surface area contributed by atoms with E-state index in [1.807, 2.05) is 26.0 Å². The average molecular weight is 497 g/mol. The molecule has 4 rings (SSSR count). The van der Waals surface area contributed by atoms with Crippen LogP contribution in [0.5, 0.6) is 0 Å². The fraction of sp³-hybridized carbons (Fsp3) is 0.320. The van der Waals surface area contributed by atoms with E-state index in [0.29, 0.717) is 48.8 Å². The Morgan fingerprint density at radius 2 is 1.77 bits per heavy atom. The van der Waals surface area contributed by atoms with Gasteiger partial charge in [0.1, 0.15) is 6.54 Å². The van der Waals surface area contributed by atoms with Crippen molar-refractivity contribution >= 4 is 21.6 Å². The number of sulfonamides is 1. The molecule has 1 saturated heterocycles. The molecular formula is C25H28N4O5S. The van der Waals surface area contributed by atoms with Crippen molar-refractivity contribution in [2.24, 2.45) is 0 Å². The number of rotatable bonds is 6. The van der Waals surface area contributed by atoms with Gasteiger partial charge in [-0.2, -0.15) is 9.40 Å². The number of morpholine rings is 1. The number of aromatic nitrogens is 2. The minimum absolute atomic E-state index is 0.184. The smallest absolute Gasteiger partial charge is 0.267 e. The maximum absolute atomic E-state index is 13.2. The van der Waals surface area contributed by atoms with E-state index in [2.05, 4.69) is 10.4 Å². The Kier molecular flexibility index (Phi) is 7.15. The SMILES string of the molecule is Cc1ccc(-c2ccc(=O)n(CC(=O)Nc3cccc(C)c3C)n2)cc1S(=O)(=O)N1CCOCC1. The minimum atomic E-state index is -3.71. The van der Waals surface area contributed by atoms with E-state index >= 15 is 0 Å². The molecule has 35 heavy (non-hydrogen) atoms. The summed E-state index contributed by atoms with van der Waals surface area (Å²) in [6.45, 7) is 6.64. The molecule has 1 aliphatic rings. The van der Waals surface area contributed by atoms with Gasteiger partial charge in [-0.1, -0.05) is 24.3 Å². The van der Waals surface area contributed by atoms with Crippen molar-refractivity contribution in [3.63, 3.8) is 0 Å².